The molecule has 28 heavy (non-hydrogen) atoms. The molecular weight excluding hydrogens is 370 g/mol. The highest BCUT2D eigenvalue weighted by Gasteiger charge is 2.35. The molecule has 1 saturated heterocycles. The monoisotopic (exact) mass is 397 g/mol. The van der Waals surface area contributed by atoms with Crippen LogP contribution in [0, 0.1) is 12.8 Å². The third-order valence-corrected chi connectivity index (χ3v) is 7.45. The number of guanidine groups is 1. The van der Waals surface area contributed by atoms with Gasteiger partial charge in [-0.05, 0) is 49.8 Å². The fourth-order valence-electron chi connectivity index (χ4n) is 4.03. The van der Waals surface area contributed by atoms with Gasteiger partial charge in [0.25, 0.3) is 10.0 Å². The number of benzene rings is 2. The maximum absolute atomic E-state index is 13.1. The third-order valence-electron chi connectivity index (χ3n) is 5.65. The van der Waals surface area contributed by atoms with Crippen LogP contribution < -0.4 is 0 Å². The molecule has 2 aliphatic rings. The molecule has 0 aromatic heterocycles. The van der Waals surface area contributed by atoms with E-state index in [2.05, 4.69) is 34.2 Å². The van der Waals surface area contributed by atoms with Crippen LogP contribution in [0.5, 0.6) is 0 Å². The first-order chi connectivity index (χ1) is 13.5. The number of sulfonamides is 1. The van der Waals surface area contributed by atoms with E-state index in [1.54, 1.807) is 12.1 Å². The van der Waals surface area contributed by atoms with Gasteiger partial charge in [-0.25, -0.2) is 12.7 Å². The molecule has 6 heteroatoms. The molecule has 2 aliphatic heterocycles. The van der Waals surface area contributed by atoms with Crippen molar-refractivity contribution in [3.8, 4) is 0 Å². The summed E-state index contributed by atoms with van der Waals surface area (Å²) in [4.78, 5) is 7.04. The molecule has 5 nitrogen and oxygen atoms in total. The molecule has 2 heterocycles. The predicted molar refractivity (Wildman–Crippen MR) is 112 cm³/mol. The molecule has 2 aromatic rings. The summed E-state index contributed by atoms with van der Waals surface area (Å²) in [6.45, 7) is 4.63. The number of aliphatic imine (C=N–C) groups is 1. The third kappa shape index (κ3) is 3.92. The minimum absolute atomic E-state index is 0.340. The van der Waals surface area contributed by atoms with Crippen molar-refractivity contribution in [2.24, 2.45) is 10.9 Å². The molecule has 0 aliphatic carbocycles. The normalized spacial score (nSPS) is 18.4. The molecule has 0 atom stereocenters. The van der Waals surface area contributed by atoms with Gasteiger partial charge in [0.2, 0.25) is 5.96 Å². The Hall–Kier alpha value is -2.34. The predicted octanol–water partition coefficient (Wildman–Crippen LogP) is 3.31. The maximum Gasteiger partial charge on any atom is 0.266 e. The van der Waals surface area contributed by atoms with Crippen molar-refractivity contribution in [3.05, 3.63) is 65.7 Å². The van der Waals surface area contributed by atoms with Crippen molar-refractivity contribution in [3.63, 3.8) is 0 Å². The van der Waals surface area contributed by atoms with Crippen LogP contribution in [0.2, 0.25) is 0 Å². The first kappa shape index (κ1) is 19.0. The van der Waals surface area contributed by atoms with Gasteiger partial charge < -0.3 is 4.90 Å². The van der Waals surface area contributed by atoms with Crippen LogP contribution in [0.3, 0.4) is 0 Å². The molecule has 0 N–H and O–H groups in total. The van der Waals surface area contributed by atoms with E-state index >= 15 is 0 Å². The highest BCUT2D eigenvalue weighted by molar-refractivity contribution is 7.89. The van der Waals surface area contributed by atoms with E-state index in [0.717, 1.165) is 37.9 Å². The molecule has 0 unspecified atom stereocenters. The van der Waals surface area contributed by atoms with Crippen molar-refractivity contribution in [2.45, 2.75) is 31.1 Å². The first-order valence-corrected chi connectivity index (χ1v) is 11.4. The Morgan fingerprint density at radius 2 is 1.64 bits per heavy atom. The van der Waals surface area contributed by atoms with E-state index in [4.69, 9.17) is 0 Å². The van der Waals surface area contributed by atoms with Gasteiger partial charge in [0, 0.05) is 13.1 Å². The molecule has 0 bridgehead atoms. The van der Waals surface area contributed by atoms with Gasteiger partial charge in [-0.15, -0.1) is 0 Å². The fraction of sp³-hybridized carbons (Fsp3) is 0.409. The Morgan fingerprint density at radius 3 is 2.32 bits per heavy atom. The highest BCUT2D eigenvalue weighted by Crippen LogP contribution is 2.26. The molecular formula is C22H27N3O2S. The summed E-state index contributed by atoms with van der Waals surface area (Å²) in [6, 6.07) is 17.7. The maximum atomic E-state index is 13.1. The minimum Gasteiger partial charge on any atom is -0.342 e. The second-order valence-electron chi connectivity index (χ2n) is 7.69. The van der Waals surface area contributed by atoms with Crippen LogP contribution in [0.1, 0.15) is 24.0 Å². The van der Waals surface area contributed by atoms with E-state index in [1.165, 1.54) is 9.87 Å². The molecule has 2 aromatic carbocycles. The van der Waals surface area contributed by atoms with E-state index in [1.807, 2.05) is 25.1 Å². The average molecular weight is 398 g/mol. The lowest BCUT2D eigenvalue weighted by molar-refractivity contribution is 0.253. The number of hydrogen-bond donors (Lipinski definition) is 0. The number of nitrogens with zero attached hydrogens (tertiary/aromatic N) is 3. The van der Waals surface area contributed by atoms with E-state index < -0.39 is 10.0 Å². The zero-order valence-electron chi connectivity index (χ0n) is 16.3. The highest BCUT2D eigenvalue weighted by atomic mass is 32.2. The van der Waals surface area contributed by atoms with Gasteiger partial charge in [0.05, 0.1) is 18.0 Å². The van der Waals surface area contributed by atoms with Gasteiger partial charge in [0.15, 0.2) is 0 Å². The Balaban J connectivity index is 1.42. The van der Waals surface area contributed by atoms with Crippen LogP contribution in [0.4, 0.5) is 0 Å². The molecule has 1 fully saturated rings. The van der Waals surface area contributed by atoms with Crippen molar-refractivity contribution in [1.82, 2.24) is 9.21 Å². The van der Waals surface area contributed by atoms with Crippen molar-refractivity contribution < 1.29 is 8.42 Å². The van der Waals surface area contributed by atoms with Crippen molar-refractivity contribution in [2.75, 3.05) is 26.2 Å². The van der Waals surface area contributed by atoms with E-state index in [0.29, 0.717) is 29.9 Å². The lowest BCUT2D eigenvalue weighted by Gasteiger charge is -2.36. The summed E-state index contributed by atoms with van der Waals surface area (Å²) in [5.41, 5.74) is 2.43. The summed E-state index contributed by atoms with van der Waals surface area (Å²) in [6.07, 6.45) is 3.21. The van der Waals surface area contributed by atoms with Crippen LogP contribution in [0.25, 0.3) is 0 Å². The Bertz CT molecular complexity index is 932. The minimum atomic E-state index is -3.56. The number of rotatable bonds is 4. The molecule has 0 radical (unpaired) electrons. The number of likely N-dealkylation sites (tertiary alicyclic amines) is 1. The standard InChI is InChI=1S/C22H27N3O2S/c1-18-7-9-21(10-8-18)28(26,27)25-16-13-23-22(25)24-14-11-20(12-15-24)17-19-5-3-2-4-6-19/h2-10,20H,11-17H2,1H3. The van der Waals surface area contributed by atoms with Gasteiger partial charge in [0.1, 0.15) is 0 Å². The van der Waals surface area contributed by atoms with Crippen LogP contribution in [-0.4, -0.2) is 49.8 Å². The lowest BCUT2D eigenvalue weighted by atomic mass is 9.90. The smallest absolute Gasteiger partial charge is 0.266 e. The van der Waals surface area contributed by atoms with E-state index in [9.17, 15) is 8.42 Å². The van der Waals surface area contributed by atoms with Gasteiger partial charge in [-0.1, -0.05) is 48.0 Å². The summed E-state index contributed by atoms with van der Waals surface area (Å²) < 4.78 is 27.7. The van der Waals surface area contributed by atoms with Crippen LogP contribution in [-0.2, 0) is 16.4 Å². The molecule has 148 valence electrons. The Kier molecular flexibility index (Phi) is 5.40. The summed E-state index contributed by atoms with van der Waals surface area (Å²) in [5, 5.41) is 0. The van der Waals surface area contributed by atoms with Crippen LogP contribution in [0.15, 0.2) is 64.5 Å². The molecule has 4 rings (SSSR count). The molecule has 0 saturated carbocycles. The van der Waals surface area contributed by atoms with Gasteiger partial charge >= 0.3 is 0 Å². The second kappa shape index (κ2) is 7.95. The number of piperidine rings is 1. The zero-order chi connectivity index (χ0) is 19.6. The first-order valence-electron chi connectivity index (χ1n) is 9.97. The second-order valence-corrected chi connectivity index (χ2v) is 9.55. The summed E-state index contributed by atoms with van der Waals surface area (Å²) in [5.74, 6) is 1.27. The van der Waals surface area contributed by atoms with Crippen molar-refractivity contribution in [1.29, 1.82) is 0 Å². The quantitative estimate of drug-likeness (QED) is 0.795. The van der Waals surface area contributed by atoms with Crippen LogP contribution >= 0.6 is 0 Å². The lowest BCUT2D eigenvalue weighted by Crippen LogP contribution is -2.48. The SMILES string of the molecule is Cc1ccc(S(=O)(=O)N2CCN=C2N2CCC(Cc3ccccc3)CC2)cc1. The van der Waals surface area contributed by atoms with Crippen molar-refractivity contribution >= 4 is 16.0 Å². The average Bonchev–Trinajstić information content (AvgIpc) is 3.21. The number of aryl methyl sites for hydroxylation is 1. The largest absolute Gasteiger partial charge is 0.342 e. The number of hydrogen-bond acceptors (Lipinski definition) is 4. The van der Waals surface area contributed by atoms with Gasteiger partial charge in [-0.3, -0.25) is 4.99 Å². The molecule has 0 amide bonds. The fourth-order valence-corrected chi connectivity index (χ4v) is 5.47. The van der Waals surface area contributed by atoms with Gasteiger partial charge in [-0.2, -0.15) is 0 Å². The Labute approximate surface area is 167 Å². The topological polar surface area (TPSA) is 53.0 Å². The Morgan fingerprint density at radius 1 is 0.964 bits per heavy atom. The summed E-state index contributed by atoms with van der Waals surface area (Å²) >= 11 is 0. The summed E-state index contributed by atoms with van der Waals surface area (Å²) in [7, 11) is -3.56. The molecule has 0 spiro atoms. The van der Waals surface area contributed by atoms with E-state index in [-0.39, 0.29) is 0 Å². The zero-order valence-corrected chi connectivity index (χ0v) is 17.1.